The average Bonchev–Trinajstić information content (AvgIpc) is 2.83. The van der Waals surface area contributed by atoms with Gasteiger partial charge >= 0.3 is 24.2 Å². The maximum Gasteiger partial charge on any atom is 0.429 e. The van der Waals surface area contributed by atoms with E-state index in [9.17, 15) is 29.1 Å². The first-order chi connectivity index (χ1) is 19.1. The van der Waals surface area contributed by atoms with Gasteiger partial charge in [-0.25, -0.2) is 19.4 Å². The van der Waals surface area contributed by atoms with Crippen LogP contribution in [0.1, 0.15) is 79.2 Å². The predicted octanol–water partition coefficient (Wildman–Crippen LogP) is 4.11. The molecule has 0 radical (unpaired) electrons. The fourth-order valence-corrected chi connectivity index (χ4v) is 3.27. The van der Waals surface area contributed by atoms with Crippen molar-refractivity contribution >= 4 is 30.2 Å². The van der Waals surface area contributed by atoms with Gasteiger partial charge in [0.25, 0.3) is 5.91 Å². The van der Waals surface area contributed by atoms with E-state index in [2.05, 4.69) is 16.1 Å². The van der Waals surface area contributed by atoms with Gasteiger partial charge in [0.05, 0.1) is 6.42 Å². The van der Waals surface area contributed by atoms with Gasteiger partial charge in [0, 0.05) is 13.1 Å². The van der Waals surface area contributed by atoms with Crippen molar-refractivity contribution in [2.75, 3.05) is 13.1 Å². The smallest absolute Gasteiger partial charge is 0.429 e. The topological polar surface area (TPSA) is 173 Å². The molecule has 41 heavy (non-hydrogen) atoms. The molecule has 0 bridgehead atoms. The van der Waals surface area contributed by atoms with Crippen LogP contribution >= 0.6 is 0 Å². The van der Waals surface area contributed by atoms with Crippen LogP contribution in [0, 0.1) is 0 Å². The lowest BCUT2D eigenvalue weighted by Crippen LogP contribution is -2.56. The van der Waals surface area contributed by atoms with Crippen LogP contribution in [-0.2, 0) is 30.4 Å². The largest absolute Gasteiger partial charge is 0.481 e. The summed E-state index contributed by atoms with van der Waals surface area (Å²) in [6, 6.07) is 7.83. The molecule has 0 fully saturated rings. The van der Waals surface area contributed by atoms with E-state index in [0.717, 1.165) is 17.0 Å². The Hall–Kier alpha value is -4.03. The number of nitrogens with zero attached hydrogens (tertiary/aromatic N) is 1. The van der Waals surface area contributed by atoms with Gasteiger partial charge in [0.2, 0.25) is 0 Å². The summed E-state index contributed by atoms with van der Waals surface area (Å²) in [5.74, 6) is -2.25. The molecule has 1 aromatic rings. The fraction of sp³-hybridized carbons (Fsp3) is 0.607. The van der Waals surface area contributed by atoms with Gasteiger partial charge in [-0.05, 0) is 59.9 Å². The Bertz CT molecular complexity index is 1000. The highest BCUT2D eigenvalue weighted by Gasteiger charge is 2.30. The minimum atomic E-state index is -1.50. The molecule has 1 rings (SSSR count). The summed E-state index contributed by atoms with van der Waals surface area (Å²) in [6.07, 6.45) is -0.528. The van der Waals surface area contributed by atoms with Crippen LogP contribution in [0.15, 0.2) is 30.3 Å². The summed E-state index contributed by atoms with van der Waals surface area (Å²) in [4.78, 5) is 61.0. The summed E-state index contributed by atoms with van der Waals surface area (Å²) in [5, 5.41) is 15.1. The first-order valence-electron chi connectivity index (χ1n) is 13.5. The molecular weight excluding hydrogens is 536 g/mol. The van der Waals surface area contributed by atoms with E-state index in [0.29, 0.717) is 25.8 Å². The Labute approximate surface area is 241 Å². The lowest BCUT2D eigenvalue weighted by molar-refractivity contribution is -0.140. The van der Waals surface area contributed by atoms with Crippen molar-refractivity contribution in [3.05, 3.63) is 35.9 Å². The van der Waals surface area contributed by atoms with Gasteiger partial charge < -0.3 is 30.0 Å². The third-order valence-electron chi connectivity index (χ3n) is 5.04. The summed E-state index contributed by atoms with van der Waals surface area (Å²) in [5.41, 5.74) is 1.54. The predicted molar refractivity (Wildman–Crippen MR) is 150 cm³/mol. The Balaban J connectivity index is 2.59. The fourth-order valence-electron chi connectivity index (χ4n) is 3.27. The zero-order valence-electron chi connectivity index (χ0n) is 24.8. The van der Waals surface area contributed by atoms with Crippen molar-refractivity contribution in [2.45, 2.75) is 97.5 Å². The number of carbonyl (C=O) groups is 5. The zero-order chi connectivity index (χ0) is 31.1. The standard InChI is InChI=1S/C28H44N4O9/c1-27(2,3)40-25(37)30-21(18-22(33)34)23(35)31-32(26(38)41-28(4,5)6)17-13-8-7-12-16-29-24(36)39-19-20-14-10-9-11-15-20/h9-11,14-15,21H,7-8,12-13,16-19H2,1-6H3,(H,29,36)(H,30,37)(H,31,35)(H,33,34)/t21-/m0/s1. The number of carboxylic acid groups (broad SMARTS) is 1. The number of nitrogens with one attached hydrogen (secondary N) is 3. The number of hydrazine groups is 1. The molecule has 0 saturated heterocycles. The van der Waals surface area contributed by atoms with Crippen LogP contribution in [0.3, 0.4) is 0 Å². The van der Waals surface area contributed by atoms with Gasteiger partial charge in [-0.2, -0.15) is 0 Å². The Morgan fingerprint density at radius 3 is 2.05 bits per heavy atom. The molecule has 1 atom stereocenters. The number of hydrogen-bond donors (Lipinski definition) is 4. The van der Waals surface area contributed by atoms with E-state index >= 15 is 0 Å². The Morgan fingerprint density at radius 2 is 1.46 bits per heavy atom. The molecule has 0 aliphatic rings. The van der Waals surface area contributed by atoms with E-state index in [1.807, 2.05) is 30.3 Å². The number of hydrogen-bond acceptors (Lipinski definition) is 8. The van der Waals surface area contributed by atoms with Crippen molar-refractivity contribution < 1.29 is 43.3 Å². The summed E-state index contributed by atoms with van der Waals surface area (Å²) < 4.78 is 15.6. The first kappa shape index (κ1) is 35.0. The van der Waals surface area contributed by atoms with E-state index < -0.39 is 53.8 Å². The van der Waals surface area contributed by atoms with Crippen molar-refractivity contribution in [1.82, 2.24) is 21.1 Å². The van der Waals surface area contributed by atoms with Crippen LogP contribution in [0.2, 0.25) is 0 Å². The van der Waals surface area contributed by atoms with E-state index in [-0.39, 0.29) is 13.2 Å². The van der Waals surface area contributed by atoms with Crippen molar-refractivity contribution in [3.63, 3.8) is 0 Å². The van der Waals surface area contributed by atoms with Crippen molar-refractivity contribution in [1.29, 1.82) is 0 Å². The lowest BCUT2D eigenvalue weighted by atomic mass is 10.2. The van der Waals surface area contributed by atoms with Crippen molar-refractivity contribution in [3.8, 4) is 0 Å². The highest BCUT2D eigenvalue weighted by molar-refractivity contribution is 5.90. The SMILES string of the molecule is CC(C)(C)OC(=O)N[C@@H](CC(=O)O)C(=O)NN(CCCCCCNC(=O)OCc1ccccc1)C(=O)OC(C)(C)C. The minimum Gasteiger partial charge on any atom is -0.481 e. The van der Waals surface area contributed by atoms with Gasteiger partial charge in [-0.3, -0.25) is 15.0 Å². The number of aliphatic carboxylic acids is 1. The minimum absolute atomic E-state index is 0.0689. The number of amides is 4. The number of rotatable bonds is 13. The van der Waals surface area contributed by atoms with Crippen LogP contribution in [0.5, 0.6) is 0 Å². The van der Waals surface area contributed by atoms with Crippen LogP contribution in [-0.4, -0.2) is 70.6 Å². The molecule has 4 amide bonds. The molecule has 0 aromatic heterocycles. The van der Waals surface area contributed by atoms with E-state index in [1.54, 1.807) is 41.5 Å². The second kappa shape index (κ2) is 16.9. The molecule has 13 heteroatoms. The number of alkyl carbamates (subject to hydrolysis) is 2. The molecular formula is C28H44N4O9. The maximum atomic E-state index is 12.9. The average molecular weight is 581 g/mol. The van der Waals surface area contributed by atoms with Crippen molar-refractivity contribution in [2.24, 2.45) is 0 Å². The highest BCUT2D eigenvalue weighted by atomic mass is 16.6. The monoisotopic (exact) mass is 580 g/mol. The zero-order valence-corrected chi connectivity index (χ0v) is 24.8. The number of ether oxygens (including phenoxy) is 3. The number of carboxylic acids is 1. The van der Waals surface area contributed by atoms with Gasteiger partial charge in [0.1, 0.15) is 23.9 Å². The summed E-state index contributed by atoms with van der Waals surface area (Å²) >= 11 is 0. The highest BCUT2D eigenvalue weighted by Crippen LogP contribution is 2.11. The lowest BCUT2D eigenvalue weighted by Gasteiger charge is -2.29. The molecule has 0 unspecified atom stereocenters. The van der Waals surface area contributed by atoms with E-state index in [4.69, 9.17) is 14.2 Å². The van der Waals surface area contributed by atoms with Gasteiger partial charge in [0.15, 0.2) is 0 Å². The first-order valence-corrected chi connectivity index (χ1v) is 13.5. The van der Waals surface area contributed by atoms with Gasteiger partial charge in [-0.15, -0.1) is 0 Å². The number of carbonyl (C=O) groups excluding carboxylic acids is 4. The Kier molecular flexibility index (Phi) is 14.5. The van der Waals surface area contributed by atoms with Crippen LogP contribution in [0.25, 0.3) is 0 Å². The number of benzene rings is 1. The third-order valence-corrected chi connectivity index (χ3v) is 5.04. The summed E-state index contributed by atoms with van der Waals surface area (Å²) in [6.45, 7) is 10.5. The molecule has 13 nitrogen and oxygen atoms in total. The number of unbranched alkanes of at least 4 members (excludes halogenated alkanes) is 3. The molecule has 1 aromatic carbocycles. The maximum absolute atomic E-state index is 12.9. The normalized spacial score (nSPS) is 12.0. The molecule has 0 saturated carbocycles. The molecule has 230 valence electrons. The van der Waals surface area contributed by atoms with Gasteiger partial charge in [-0.1, -0.05) is 43.2 Å². The summed E-state index contributed by atoms with van der Waals surface area (Å²) in [7, 11) is 0. The van der Waals surface area contributed by atoms with Crippen LogP contribution < -0.4 is 16.1 Å². The second-order valence-electron chi connectivity index (χ2n) is 11.3. The molecule has 4 N–H and O–H groups in total. The second-order valence-corrected chi connectivity index (χ2v) is 11.3. The van der Waals surface area contributed by atoms with Crippen LogP contribution in [0.4, 0.5) is 14.4 Å². The molecule has 0 aliphatic carbocycles. The third kappa shape index (κ3) is 17.3. The molecule has 0 heterocycles. The Morgan fingerprint density at radius 1 is 0.854 bits per heavy atom. The quantitative estimate of drug-likeness (QED) is 0.152. The van der Waals surface area contributed by atoms with E-state index in [1.165, 1.54) is 0 Å². The molecule has 0 aliphatic heterocycles. The molecule has 0 spiro atoms.